The Morgan fingerprint density at radius 3 is 2.60 bits per heavy atom. The summed E-state index contributed by atoms with van der Waals surface area (Å²) in [6.45, 7) is 13.2. The first-order valence-corrected chi connectivity index (χ1v) is 19.8. The molecule has 1 saturated heterocycles. The normalized spacial score (nSPS) is 18.2. The van der Waals surface area contributed by atoms with E-state index in [-0.39, 0.29) is 39.5 Å². The topological polar surface area (TPSA) is 116 Å². The van der Waals surface area contributed by atoms with Crippen LogP contribution in [0.2, 0.25) is 10.0 Å². The predicted molar refractivity (Wildman–Crippen MR) is 217 cm³/mol. The number of halogens is 3. The number of pyridine rings is 1. The average Bonchev–Trinajstić information content (AvgIpc) is 3.65. The maximum absolute atomic E-state index is 14.2. The zero-order valence-electron chi connectivity index (χ0n) is 32.0. The van der Waals surface area contributed by atoms with Crippen molar-refractivity contribution in [2.75, 3.05) is 18.8 Å². The van der Waals surface area contributed by atoms with Crippen LogP contribution in [0.3, 0.4) is 0 Å². The molecule has 0 radical (unpaired) electrons. The molecule has 3 atom stereocenters. The highest BCUT2D eigenvalue weighted by Gasteiger charge is 2.33. The Morgan fingerprint density at radius 1 is 1.11 bits per heavy atom. The van der Waals surface area contributed by atoms with Crippen molar-refractivity contribution in [3.8, 4) is 28.4 Å². The standard InChI is InChI=1S/C43H50Cl2FN5O4/c1-6-7-8-9-28-19-36(52)40(33-18-26(4)10-11-32(33)25(2)3)37(20-28)55-43(53)50-16-14-31(15-17-50)51-24-30(23-49-51)29-21-38(42(47)48-22-29)54-27(5)39-34(44)12-13-35(46)41(39)45/h12-13,18-24,27,31-33,52H,2,6-11,14-17H2,1,3-5H3,(H2,47,48)/t27-,32?,33?/m1/s1. The Balaban J connectivity index is 1.14. The zero-order valence-corrected chi connectivity index (χ0v) is 33.5. The van der Waals surface area contributed by atoms with Crippen molar-refractivity contribution >= 4 is 35.1 Å². The molecule has 292 valence electrons. The number of allylic oxidation sites excluding steroid dienone is 3. The highest BCUT2D eigenvalue weighted by atomic mass is 35.5. The maximum Gasteiger partial charge on any atom is 0.415 e. The minimum absolute atomic E-state index is 0.0562. The fourth-order valence-electron chi connectivity index (χ4n) is 7.75. The van der Waals surface area contributed by atoms with Gasteiger partial charge in [0.05, 0.1) is 17.3 Å². The number of unbranched alkanes of at least 4 members (excludes halogenated alkanes) is 2. The molecule has 1 aliphatic carbocycles. The molecule has 0 bridgehead atoms. The van der Waals surface area contributed by atoms with E-state index in [1.807, 2.05) is 29.9 Å². The van der Waals surface area contributed by atoms with Gasteiger partial charge in [-0.15, -0.1) is 0 Å². The van der Waals surface area contributed by atoms with E-state index in [2.05, 4.69) is 36.6 Å². The van der Waals surface area contributed by atoms with Gasteiger partial charge in [0, 0.05) is 58.7 Å². The summed E-state index contributed by atoms with van der Waals surface area (Å²) in [7, 11) is 0. The summed E-state index contributed by atoms with van der Waals surface area (Å²) < 4.78 is 28.4. The van der Waals surface area contributed by atoms with Gasteiger partial charge in [-0.3, -0.25) is 4.68 Å². The molecule has 2 aromatic heterocycles. The first kappa shape index (κ1) is 40.1. The SMILES string of the molecule is C=C(C)C1CCC(C)=CC1c1c(O)cc(CCCCC)cc1OC(=O)N1CCC(n2cc(-c3cnc(N)c(O[C@H](C)c4c(Cl)ccc(F)c4Cl)c3)cn2)CC1. The van der Waals surface area contributed by atoms with Crippen LogP contribution in [-0.4, -0.2) is 44.0 Å². The minimum atomic E-state index is -0.705. The van der Waals surface area contributed by atoms with Crippen molar-refractivity contribution in [3.63, 3.8) is 0 Å². The molecule has 3 N–H and O–H groups in total. The number of rotatable bonds is 12. The molecule has 1 amide bonds. The number of likely N-dealkylation sites (tertiary alicyclic amines) is 1. The monoisotopic (exact) mass is 789 g/mol. The van der Waals surface area contributed by atoms with Crippen LogP contribution in [0.15, 0.2) is 72.7 Å². The lowest BCUT2D eigenvalue weighted by Gasteiger charge is -2.33. The van der Waals surface area contributed by atoms with Gasteiger partial charge in [-0.05, 0) is 101 Å². The summed E-state index contributed by atoms with van der Waals surface area (Å²) in [5.74, 6) is 0.463. The number of nitrogens with two attached hydrogens (primary N) is 1. The molecule has 2 unspecified atom stereocenters. The summed E-state index contributed by atoms with van der Waals surface area (Å²) in [4.78, 5) is 19.8. The molecular weight excluding hydrogens is 740 g/mol. The smallest absolute Gasteiger partial charge is 0.415 e. The number of hydrogen-bond donors (Lipinski definition) is 2. The van der Waals surface area contributed by atoms with Crippen LogP contribution in [-0.2, 0) is 6.42 Å². The molecule has 1 fully saturated rings. The number of aromatic hydroxyl groups is 1. The van der Waals surface area contributed by atoms with Crippen LogP contribution in [0.25, 0.3) is 11.1 Å². The third kappa shape index (κ3) is 9.13. The minimum Gasteiger partial charge on any atom is -0.507 e. The van der Waals surface area contributed by atoms with Crippen molar-refractivity contribution < 1.29 is 23.8 Å². The van der Waals surface area contributed by atoms with Gasteiger partial charge in [-0.1, -0.05) is 66.8 Å². The number of phenolic OH excluding ortho intramolecular Hbond substituents is 1. The third-order valence-corrected chi connectivity index (χ3v) is 11.6. The number of phenols is 1. The number of piperidine rings is 1. The number of aromatic nitrogens is 3. The molecule has 0 spiro atoms. The summed E-state index contributed by atoms with van der Waals surface area (Å²) in [5, 5.41) is 16.3. The van der Waals surface area contributed by atoms with Gasteiger partial charge in [-0.25, -0.2) is 14.2 Å². The number of aryl methyl sites for hydroxylation is 1. The first-order chi connectivity index (χ1) is 26.3. The third-order valence-electron chi connectivity index (χ3n) is 10.9. The first-order valence-electron chi connectivity index (χ1n) is 19.1. The number of carbonyl (C=O) groups is 1. The van der Waals surface area contributed by atoms with Crippen LogP contribution in [0, 0.1) is 11.7 Å². The van der Waals surface area contributed by atoms with Crippen molar-refractivity contribution in [2.24, 2.45) is 5.92 Å². The summed E-state index contributed by atoms with van der Waals surface area (Å²) in [6, 6.07) is 8.24. The molecule has 2 aromatic carbocycles. The highest BCUT2D eigenvalue weighted by Crippen LogP contribution is 2.47. The number of nitrogens with zero attached hydrogens (tertiary/aromatic N) is 4. The number of hydrogen-bond acceptors (Lipinski definition) is 7. The number of ether oxygens (including phenoxy) is 2. The molecule has 12 heteroatoms. The van der Waals surface area contributed by atoms with Gasteiger partial charge in [0.25, 0.3) is 0 Å². The highest BCUT2D eigenvalue weighted by molar-refractivity contribution is 6.36. The Labute approximate surface area is 332 Å². The molecule has 6 rings (SSSR count). The summed E-state index contributed by atoms with van der Waals surface area (Å²) in [5.41, 5.74) is 11.9. The summed E-state index contributed by atoms with van der Waals surface area (Å²) >= 11 is 12.5. The number of amides is 1. The fraction of sp³-hybridized carbons (Fsp3) is 0.419. The Hall–Kier alpha value is -4.54. The predicted octanol–water partition coefficient (Wildman–Crippen LogP) is 11.4. The van der Waals surface area contributed by atoms with Gasteiger partial charge in [0.1, 0.15) is 23.4 Å². The van der Waals surface area contributed by atoms with Crippen molar-refractivity contribution in [3.05, 3.63) is 105 Å². The molecular formula is C43H50Cl2FN5O4. The second-order valence-corrected chi connectivity index (χ2v) is 15.7. The Morgan fingerprint density at radius 2 is 1.87 bits per heavy atom. The molecule has 3 heterocycles. The van der Waals surface area contributed by atoms with Crippen molar-refractivity contribution in [1.29, 1.82) is 0 Å². The fourth-order valence-corrected chi connectivity index (χ4v) is 8.43. The quantitative estimate of drug-likeness (QED) is 0.0834. The van der Waals surface area contributed by atoms with Crippen LogP contribution >= 0.6 is 23.2 Å². The lowest BCUT2D eigenvalue weighted by atomic mass is 9.73. The molecule has 55 heavy (non-hydrogen) atoms. The van der Waals surface area contributed by atoms with Crippen LogP contribution in [0.4, 0.5) is 15.0 Å². The second-order valence-electron chi connectivity index (χ2n) is 14.9. The largest absolute Gasteiger partial charge is 0.507 e. The maximum atomic E-state index is 14.2. The van der Waals surface area contributed by atoms with E-state index in [1.54, 1.807) is 30.3 Å². The molecule has 0 saturated carbocycles. The number of benzene rings is 2. The van der Waals surface area contributed by atoms with E-state index >= 15 is 0 Å². The Bertz CT molecular complexity index is 2080. The van der Waals surface area contributed by atoms with E-state index in [4.69, 9.17) is 38.4 Å². The van der Waals surface area contributed by atoms with Crippen molar-refractivity contribution in [1.82, 2.24) is 19.7 Å². The van der Waals surface area contributed by atoms with E-state index in [0.29, 0.717) is 48.6 Å². The lowest BCUT2D eigenvalue weighted by Crippen LogP contribution is -2.40. The van der Waals surface area contributed by atoms with Gasteiger partial charge in [0.15, 0.2) is 11.6 Å². The number of anilines is 1. The van der Waals surface area contributed by atoms with Crippen LogP contribution in [0.5, 0.6) is 17.2 Å². The van der Waals surface area contributed by atoms with Gasteiger partial charge >= 0.3 is 6.09 Å². The van der Waals surface area contributed by atoms with Crippen molar-refractivity contribution in [2.45, 2.75) is 97.1 Å². The van der Waals surface area contributed by atoms with Crippen LogP contribution < -0.4 is 15.2 Å². The van der Waals surface area contributed by atoms with Crippen LogP contribution in [0.1, 0.15) is 107 Å². The molecule has 1 aliphatic heterocycles. The summed E-state index contributed by atoms with van der Waals surface area (Å²) in [6.07, 6.45) is 13.6. The van der Waals surface area contributed by atoms with E-state index in [0.717, 1.165) is 60.8 Å². The van der Waals surface area contributed by atoms with E-state index in [9.17, 15) is 14.3 Å². The Kier molecular flexibility index (Phi) is 12.8. The van der Waals surface area contributed by atoms with Gasteiger partial charge < -0.3 is 25.2 Å². The average molecular weight is 791 g/mol. The lowest BCUT2D eigenvalue weighted by molar-refractivity contribution is 0.129. The second kappa shape index (κ2) is 17.5. The number of nitrogen functional groups attached to an aromatic ring is 1. The molecule has 9 nitrogen and oxygen atoms in total. The molecule has 4 aromatic rings. The molecule has 2 aliphatic rings. The number of carbonyl (C=O) groups excluding carboxylic acids is 1. The van der Waals surface area contributed by atoms with Gasteiger partial charge in [-0.2, -0.15) is 5.10 Å². The zero-order chi connectivity index (χ0) is 39.4. The van der Waals surface area contributed by atoms with E-state index < -0.39 is 18.0 Å². The van der Waals surface area contributed by atoms with E-state index in [1.165, 1.54) is 17.7 Å². The van der Waals surface area contributed by atoms with Gasteiger partial charge in [0.2, 0.25) is 0 Å².